The van der Waals surface area contributed by atoms with Crippen molar-refractivity contribution < 1.29 is 0 Å². The molecule has 3 heteroatoms. The van der Waals surface area contributed by atoms with Crippen molar-refractivity contribution >= 4 is 23.4 Å². The Morgan fingerprint density at radius 3 is 2.80 bits per heavy atom. The summed E-state index contributed by atoms with van der Waals surface area (Å²) in [5.41, 5.74) is 1.18. The SMILES string of the molecule is CSc1cc(Cl)ncc1C. The number of hydrogen-bond donors (Lipinski definition) is 0. The van der Waals surface area contributed by atoms with Crippen LogP contribution in [-0.2, 0) is 0 Å². The van der Waals surface area contributed by atoms with E-state index in [1.54, 1.807) is 18.0 Å². The lowest BCUT2D eigenvalue weighted by Crippen LogP contribution is -1.81. The van der Waals surface area contributed by atoms with E-state index in [0.717, 1.165) is 0 Å². The Morgan fingerprint density at radius 1 is 1.60 bits per heavy atom. The molecule has 0 saturated heterocycles. The minimum absolute atomic E-state index is 0.565. The van der Waals surface area contributed by atoms with Crippen molar-refractivity contribution in [3.05, 3.63) is 23.0 Å². The normalized spacial score (nSPS) is 9.90. The van der Waals surface area contributed by atoms with Crippen molar-refractivity contribution in [2.24, 2.45) is 0 Å². The van der Waals surface area contributed by atoms with Crippen LogP contribution in [0.4, 0.5) is 0 Å². The fourth-order valence-corrected chi connectivity index (χ4v) is 1.53. The van der Waals surface area contributed by atoms with Crippen LogP contribution in [0.1, 0.15) is 5.56 Å². The number of thioether (sulfide) groups is 1. The highest BCUT2D eigenvalue weighted by Crippen LogP contribution is 2.21. The lowest BCUT2D eigenvalue weighted by Gasteiger charge is -1.99. The van der Waals surface area contributed by atoms with Crippen LogP contribution in [0.5, 0.6) is 0 Å². The number of aryl methyl sites for hydroxylation is 1. The van der Waals surface area contributed by atoms with Crippen LogP contribution in [-0.4, -0.2) is 11.2 Å². The first kappa shape index (κ1) is 7.89. The Balaban J connectivity index is 3.09. The summed E-state index contributed by atoms with van der Waals surface area (Å²) in [6.45, 7) is 2.02. The molecule has 1 aromatic heterocycles. The molecule has 54 valence electrons. The molecule has 0 amide bonds. The molecule has 0 saturated carbocycles. The molecule has 0 N–H and O–H groups in total. The molecule has 0 aliphatic heterocycles. The molecule has 0 bridgehead atoms. The fraction of sp³-hybridized carbons (Fsp3) is 0.286. The molecule has 1 nitrogen and oxygen atoms in total. The van der Waals surface area contributed by atoms with Crippen LogP contribution in [0.2, 0.25) is 5.15 Å². The minimum atomic E-state index is 0.565. The maximum absolute atomic E-state index is 5.67. The van der Waals surface area contributed by atoms with E-state index in [2.05, 4.69) is 4.98 Å². The van der Waals surface area contributed by atoms with E-state index in [9.17, 15) is 0 Å². The smallest absolute Gasteiger partial charge is 0.130 e. The molecule has 0 spiro atoms. The lowest BCUT2D eigenvalue weighted by molar-refractivity contribution is 1.19. The fourth-order valence-electron chi connectivity index (χ4n) is 0.701. The molecule has 1 heterocycles. The van der Waals surface area contributed by atoms with Gasteiger partial charge in [0, 0.05) is 11.1 Å². The predicted octanol–water partition coefficient (Wildman–Crippen LogP) is 2.77. The van der Waals surface area contributed by atoms with E-state index in [1.165, 1.54) is 10.5 Å². The third-order valence-corrected chi connectivity index (χ3v) is 2.33. The Kier molecular flexibility index (Phi) is 2.57. The molecule has 1 rings (SSSR count). The molecule has 0 fully saturated rings. The first-order valence-corrected chi connectivity index (χ1v) is 4.50. The summed E-state index contributed by atoms with van der Waals surface area (Å²) in [6, 6.07) is 1.88. The van der Waals surface area contributed by atoms with Gasteiger partial charge in [0.15, 0.2) is 0 Å². The van der Waals surface area contributed by atoms with E-state index < -0.39 is 0 Å². The zero-order valence-electron chi connectivity index (χ0n) is 5.89. The topological polar surface area (TPSA) is 12.9 Å². The van der Waals surface area contributed by atoms with Crippen molar-refractivity contribution in [3.8, 4) is 0 Å². The van der Waals surface area contributed by atoms with Gasteiger partial charge in [-0.15, -0.1) is 11.8 Å². The maximum Gasteiger partial charge on any atom is 0.130 e. The summed E-state index contributed by atoms with van der Waals surface area (Å²) < 4.78 is 0. The van der Waals surface area contributed by atoms with Gasteiger partial charge in [0.05, 0.1) is 0 Å². The van der Waals surface area contributed by atoms with Crippen molar-refractivity contribution in [2.45, 2.75) is 11.8 Å². The van der Waals surface area contributed by atoms with Gasteiger partial charge in [-0.1, -0.05) is 11.6 Å². The predicted molar refractivity (Wildman–Crippen MR) is 45.8 cm³/mol. The zero-order chi connectivity index (χ0) is 7.56. The number of hydrogen-bond acceptors (Lipinski definition) is 2. The van der Waals surface area contributed by atoms with Crippen LogP contribution in [0, 0.1) is 6.92 Å². The Morgan fingerprint density at radius 2 is 2.30 bits per heavy atom. The van der Waals surface area contributed by atoms with E-state index >= 15 is 0 Å². The number of pyridine rings is 1. The van der Waals surface area contributed by atoms with E-state index in [1.807, 2.05) is 19.2 Å². The van der Waals surface area contributed by atoms with Crippen LogP contribution in [0.25, 0.3) is 0 Å². The molecule has 10 heavy (non-hydrogen) atoms. The third-order valence-electron chi connectivity index (χ3n) is 1.24. The molecular formula is C7H8ClNS. The Bertz CT molecular complexity index is 237. The van der Waals surface area contributed by atoms with Gasteiger partial charge in [-0.05, 0) is 24.8 Å². The van der Waals surface area contributed by atoms with Crippen molar-refractivity contribution in [3.63, 3.8) is 0 Å². The average molecular weight is 174 g/mol. The van der Waals surface area contributed by atoms with Crippen LogP contribution in [0.3, 0.4) is 0 Å². The van der Waals surface area contributed by atoms with Gasteiger partial charge in [0.2, 0.25) is 0 Å². The van der Waals surface area contributed by atoms with Crippen molar-refractivity contribution in [2.75, 3.05) is 6.26 Å². The maximum atomic E-state index is 5.67. The number of nitrogens with zero attached hydrogens (tertiary/aromatic N) is 1. The molecule has 0 aromatic carbocycles. The van der Waals surface area contributed by atoms with Crippen LogP contribution in [0.15, 0.2) is 17.2 Å². The Labute approximate surface area is 69.8 Å². The standard InChI is InChI=1S/C7H8ClNS/c1-5-4-9-7(8)3-6(5)10-2/h3-4H,1-2H3. The molecule has 0 radical (unpaired) electrons. The Hall–Kier alpha value is -0.210. The number of aromatic nitrogens is 1. The summed E-state index contributed by atoms with van der Waals surface area (Å²) >= 11 is 7.36. The second-order valence-corrected chi connectivity index (χ2v) is 3.21. The van der Waals surface area contributed by atoms with Gasteiger partial charge in [0.25, 0.3) is 0 Å². The van der Waals surface area contributed by atoms with Crippen LogP contribution >= 0.6 is 23.4 Å². The van der Waals surface area contributed by atoms with E-state index in [-0.39, 0.29) is 0 Å². The van der Waals surface area contributed by atoms with Crippen molar-refractivity contribution in [1.82, 2.24) is 4.98 Å². The second-order valence-electron chi connectivity index (χ2n) is 1.98. The van der Waals surface area contributed by atoms with E-state index in [4.69, 9.17) is 11.6 Å². The highest BCUT2D eigenvalue weighted by Gasteiger charge is 1.96. The first-order valence-electron chi connectivity index (χ1n) is 2.90. The summed E-state index contributed by atoms with van der Waals surface area (Å²) in [4.78, 5) is 5.13. The molecular weight excluding hydrogens is 166 g/mol. The zero-order valence-corrected chi connectivity index (χ0v) is 7.46. The second kappa shape index (κ2) is 3.26. The van der Waals surface area contributed by atoms with Crippen molar-refractivity contribution in [1.29, 1.82) is 0 Å². The van der Waals surface area contributed by atoms with E-state index in [0.29, 0.717) is 5.15 Å². The van der Waals surface area contributed by atoms with Gasteiger partial charge < -0.3 is 0 Å². The molecule has 0 unspecified atom stereocenters. The largest absolute Gasteiger partial charge is 0.244 e. The van der Waals surface area contributed by atoms with Gasteiger partial charge in [-0.3, -0.25) is 0 Å². The van der Waals surface area contributed by atoms with Gasteiger partial charge >= 0.3 is 0 Å². The average Bonchev–Trinajstić information content (AvgIpc) is 1.94. The molecule has 0 aliphatic carbocycles. The number of halogens is 1. The summed E-state index contributed by atoms with van der Waals surface area (Å²) in [6.07, 6.45) is 3.81. The van der Waals surface area contributed by atoms with Gasteiger partial charge in [0.1, 0.15) is 5.15 Å². The third kappa shape index (κ3) is 1.64. The molecule has 0 atom stereocenters. The highest BCUT2D eigenvalue weighted by molar-refractivity contribution is 7.98. The molecule has 0 aliphatic rings. The van der Waals surface area contributed by atoms with Crippen LogP contribution < -0.4 is 0 Å². The molecule has 1 aromatic rings. The monoisotopic (exact) mass is 173 g/mol. The quantitative estimate of drug-likeness (QED) is 0.479. The van der Waals surface area contributed by atoms with Gasteiger partial charge in [-0.2, -0.15) is 0 Å². The van der Waals surface area contributed by atoms with Gasteiger partial charge in [-0.25, -0.2) is 4.98 Å². The summed E-state index contributed by atoms with van der Waals surface area (Å²) in [5.74, 6) is 0. The highest BCUT2D eigenvalue weighted by atomic mass is 35.5. The summed E-state index contributed by atoms with van der Waals surface area (Å²) in [5, 5.41) is 0.565. The summed E-state index contributed by atoms with van der Waals surface area (Å²) in [7, 11) is 0. The lowest BCUT2D eigenvalue weighted by atomic mass is 10.3. The minimum Gasteiger partial charge on any atom is -0.244 e. The number of rotatable bonds is 1. The first-order chi connectivity index (χ1) is 4.74.